The molecule has 3 heterocycles. The monoisotopic (exact) mass is 312 g/mol. The number of nitrogens with one attached hydrogen (secondary N) is 1. The number of rotatable bonds is 4. The molecule has 0 bridgehead atoms. The van der Waals surface area contributed by atoms with E-state index in [1.165, 1.54) is 0 Å². The van der Waals surface area contributed by atoms with Crippen molar-refractivity contribution in [2.75, 3.05) is 13.1 Å². The third-order valence-electron chi connectivity index (χ3n) is 4.61. The first-order valence-electron chi connectivity index (χ1n) is 7.90. The molecule has 0 aromatic carbocycles. The van der Waals surface area contributed by atoms with Gasteiger partial charge in [0.25, 0.3) is 10.0 Å². The van der Waals surface area contributed by atoms with Crippen LogP contribution in [0.3, 0.4) is 0 Å². The van der Waals surface area contributed by atoms with Gasteiger partial charge in [-0.2, -0.15) is 4.31 Å². The summed E-state index contributed by atoms with van der Waals surface area (Å²) in [6.07, 6.45) is 8.45. The summed E-state index contributed by atoms with van der Waals surface area (Å²) in [4.78, 5) is 4.11. The normalized spacial score (nSPS) is 28.0. The zero-order valence-corrected chi connectivity index (χ0v) is 13.3. The summed E-state index contributed by atoms with van der Waals surface area (Å²) in [5.74, 6) is 0. The molecule has 6 nitrogen and oxygen atoms in total. The van der Waals surface area contributed by atoms with E-state index in [2.05, 4.69) is 10.3 Å². The molecule has 7 heteroatoms. The second-order valence-corrected chi connectivity index (χ2v) is 7.76. The molecule has 2 saturated heterocycles. The van der Waals surface area contributed by atoms with Gasteiger partial charge in [0, 0.05) is 31.4 Å². The molecule has 118 valence electrons. The number of imidazole rings is 1. The predicted molar refractivity (Wildman–Crippen MR) is 80.5 cm³/mol. The van der Waals surface area contributed by atoms with E-state index in [1.54, 1.807) is 21.4 Å². The number of sulfonamides is 1. The van der Waals surface area contributed by atoms with Gasteiger partial charge in [-0.25, -0.2) is 13.4 Å². The van der Waals surface area contributed by atoms with Crippen molar-refractivity contribution in [1.82, 2.24) is 19.2 Å². The van der Waals surface area contributed by atoms with Gasteiger partial charge in [0.15, 0.2) is 5.03 Å². The Hall–Kier alpha value is -0.920. The molecule has 0 amide bonds. The van der Waals surface area contributed by atoms with Crippen LogP contribution in [0.2, 0.25) is 0 Å². The van der Waals surface area contributed by atoms with E-state index >= 15 is 0 Å². The van der Waals surface area contributed by atoms with Gasteiger partial charge in [-0.15, -0.1) is 0 Å². The van der Waals surface area contributed by atoms with Crippen LogP contribution in [0.15, 0.2) is 17.6 Å². The maximum Gasteiger partial charge on any atom is 0.262 e. The van der Waals surface area contributed by atoms with Crippen molar-refractivity contribution in [2.24, 2.45) is 0 Å². The van der Waals surface area contributed by atoms with Crippen LogP contribution in [0.1, 0.15) is 39.0 Å². The Morgan fingerprint density at radius 3 is 2.86 bits per heavy atom. The van der Waals surface area contributed by atoms with Crippen molar-refractivity contribution in [1.29, 1.82) is 0 Å². The molecule has 0 saturated carbocycles. The summed E-state index contributed by atoms with van der Waals surface area (Å²) in [5, 5.41) is 3.65. The number of nitrogens with zero attached hydrogens (tertiary/aromatic N) is 3. The molecule has 0 aliphatic carbocycles. The summed E-state index contributed by atoms with van der Waals surface area (Å²) < 4.78 is 29.3. The van der Waals surface area contributed by atoms with Gasteiger partial charge in [0.2, 0.25) is 0 Å². The summed E-state index contributed by atoms with van der Waals surface area (Å²) >= 11 is 0. The Morgan fingerprint density at radius 2 is 2.19 bits per heavy atom. The van der Waals surface area contributed by atoms with Gasteiger partial charge < -0.3 is 9.88 Å². The first-order valence-corrected chi connectivity index (χ1v) is 9.34. The van der Waals surface area contributed by atoms with E-state index in [9.17, 15) is 8.42 Å². The van der Waals surface area contributed by atoms with Crippen LogP contribution in [0.5, 0.6) is 0 Å². The Bertz CT molecular complexity index is 578. The lowest BCUT2D eigenvalue weighted by atomic mass is 9.97. The summed E-state index contributed by atoms with van der Waals surface area (Å²) in [6.45, 7) is 4.32. The first-order chi connectivity index (χ1) is 10.1. The van der Waals surface area contributed by atoms with E-state index < -0.39 is 10.0 Å². The van der Waals surface area contributed by atoms with E-state index in [0.29, 0.717) is 12.6 Å². The molecular weight excluding hydrogens is 288 g/mol. The molecule has 0 radical (unpaired) electrons. The molecule has 1 aromatic heterocycles. The molecule has 1 aromatic rings. The minimum atomic E-state index is -3.48. The van der Waals surface area contributed by atoms with Crippen LogP contribution in [0, 0.1) is 0 Å². The fourth-order valence-electron chi connectivity index (χ4n) is 3.44. The Kier molecular flexibility index (Phi) is 4.33. The van der Waals surface area contributed by atoms with Crippen molar-refractivity contribution in [3.63, 3.8) is 0 Å². The Morgan fingerprint density at radius 1 is 1.33 bits per heavy atom. The Balaban J connectivity index is 1.87. The quantitative estimate of drug-likeness (QED) is 0.907. The molecular formula is C14H24N4O2S. The first kappa shape index (κ1) is 15.0. The lowest BCUT2D eigenvalue weighted by Crippen LogP contribution is -2.52. The maximum absolute atomic E-state index is 12.9. The van der Waals surface area contributed by atoms with Gasteiger partial charge in [-0.05, 0) is 39.2 Å². The van der Waals surface area contributed by atoms with Crippen LogP contribution in [0.25, 0.3) is 0 Å². The topological polar surface area (TPSA) is 67.2 Å². The highest BCUT2D eigenvalue weighted by Gasteiger charge is 2.39. The van der Waals surface area contributed by atoms with Crippen molar-refractivity contribution in [3.8, 4) is 0 Å². The van der Waals surface area contributed by atoms with Crippen LogP contribution in [0.4, 0.5) is 0 Å². The summed E-state index contributed by atoms with van der Waals surface area (Å²) in [7, 11) is -3.48. The van der Waals surface area contributed by atoms with Crippen LogP contribution < -0.4 is 5.32 Å². The molecule has 2 aliphatic heterocycles. The SMILES string of the molecule is CCn1cnc(S(=O)(=O)N2CCCCC2C2CCCN2)c1. The highest BCUT2D eigenvalue weighted by molar-refractivity contribution is 7.89. The predicted octanol–water partition coefficient (Wildman–Crippen LogP) is 1.20. The van der Waals surface area contributed by atoms with Gasteiger partial charge in [0.05, 0.1) is 6.33 Å². The third-order valence-corrected chi connectivity index (χ3v) is 6.42. The number of hydrogen-bond acceptors (Lipinski definition) is 4. The fourth-order valence-corrected chi connectivity index (χ4v) is 5.10. The lowest BCUT2D eigenvalue weighted by molar-refractivity contribution is 0.210. The van der Waals surface area contributed by atoms with Crippen LogP contribution in [-0.2, 0) is 16.6 Å². The van der Waals surface area contributed by atoms with Crippen molar-refractivity contribution in [3.05, 3.63) is 12.5 Å². The number of hydrogen-bond donors (Lipinski definition) is 1. The highest BCUT2D eigenvalue weighted by atomic mass is 32.2. The lowest BCUT2D eigenvalue weighted by Gasteiger charge is -2.37. The Labute approximate surface area is 126 Å². The van der Waals surface area contributed by atoms with Crippen LogP contribution >= 0.6 is 0 Å². The van der Waals surface area contributed by atoms with Gasteiger partial charge >= 0.3 is 0 Å². The highest BCUT2D eigenvalue weighted by Crippen LogP contribution is 2.29. The molecule has 2 atom stereocenters. The smallest absolute Gasteiger partial charge is 0.262 e. The fraction of sp³-hybridized carbons (Fsp3) is 0.786. The zero-order valence-electron chi connectivity index (χ0n) is 12.5. The van der Waals surface area contributed by atoms with E-state index in [-0.39, 0.29) is 11.1 Å². The van der Waals surface area contributed by atoms with Gasteiger partial charge in [-0.1, -0.05) is 6.42 Å². The largest absolute Gasteiger partial charge is 0.336 e. The average molecular weight is 312 g/mol. The zero-order chi connectivity index (χ0) is 14.9. The van der Waals surface area contributed by atoms with Gasteiger partial charge in [0.1, 0.15) is 0 Å². The van der Waals surface area contributed by atoms with E-state index in [0.717, 1.165) is 45.2 Å². The third kappa shape index (κ3) is 2.86. The summed E-state index contributed by atoms with van der Waals surface area (Å²) in [5.41, 5.74) is 0. The van der Waals surface area contributed by atoms with E-state index in [4.69, 9.17) is 0 Å². The number of aromatic nitrogens is 2. The minimum absolute atomic E-state index is 0.0815. The molecule has 2 fully saturated rings. The van der Waals surface area contributed by atoms with E-state index in [1.807, 2.05) is 6.92 Å². The molecule has 3 rings (SSSR count). The molecule has 21 heavy (non-hydrogen) atoms. The van der Waals surface area contributed by atoms with Crippen molar-refractivity contribution >= 4 is 10.0 Å². The number of aryl methyl sites for hydroxylation is 1. The van der Waals surface area contributed by atoms with Crippen molar-refractivity contribution in [2.45, 2.75) is 62.7 Å². The van der Waals surface area contributed by atoms with Crippen molar-refractivity contribution < 1.29 is 8.42 Å². The average Bonchev–Trinajstić information content (AvgIpc) is 3.18. The maximum atomic E-state index is 12.9. The molecule has 0 spiro atoms. The summed E-state index contributed by atoms with van der Waals surface area (Å²) in [6, 6.07) is 0.381. The molecule has 2 aliphatic rings. The van der Waals surface area contributed by atoms with Crippen LogP contribution in [-0.4, -0.2) is 47.4 Å². The second kappa shape index (κ2) is 6.06. The molecule has 2 unspecified atom stereocenters. The second-order valence-electron chi connectivity index (χ2n) is 5.92. The standard InChI is InChI=1S/C14H24N4O2S/c1-2-17-10-14(16-11-17)21(19,20)18-9-4-3-7-13(18)12-6-5-8-15-12/h10-13,15H,2-9H2,1H3. The number of piperidine rings is 1. The minimum Gasteiger partial charge on any atom is -0.336 e. The van der Waals surface area contributed by atoms with Gasteiger partial charge in [-0.3, -0.25) is 0 Å². The molecule has 1 N–H and O–H groups in total.